The Morgan fingerprint density at radius 2 is 1.88 bits per heavy atom. The van der Waals surface area contributed by atoms with Gasteiger partial charge in [-0.05, 0) is 106 Å². The molecule has 2 nitrogen and oxygen atoms in total. The Labute approximate surface area is 160 Å². The molecule has 4 saturated carbocycles. The maximum atomic E-state index is 11.9. The molecule has 1 unspecified atom stereocenters. The van der Waals surface area contributed by atoms with E-state index in [0.717, 1.165) is 42.9 Å². The van der Waals surface area contributed by atoms with E-state index in [1.54, 1.807) is 6.92 Å². The van der Waals surface area contributed by atoms with E-state index in [-0.39, 0.29) is 5.60 Å². The van der Waals surface area contributed by atoms with E-state index < -0.39 is 0 Å². The van der Waals surface area contributed by atoms with Crippen molar-refractivity contribution >= 4 is 5.78 Å². The van der Waals surface area contributed by atoms with Gasteiger partial charge in [0.2, 0.25) is 0 Å². The number of hydrogen-bond acceptors (Lipinski definition) is 2. The second-order valence-corrected chi connectivity index (χ2v) is 10.5. The van der Waals surface area contributed by atoms with Crippen LogP contribution in [-0.4, -0.2) is 16.5 Å². The molecule has 0 aromatic heterocycles. The van der Waals surface area contributed by atoms with Gasteiger partial charge < -0.3 is 5.11 Å². The third-order valence-corrected chi connectivity index (χ3v) is 9.60. The van der Waals surface area contributed by atoms with E-state index in [1.807, 2.05) is 0 Å². The van der Waals surface area contributed by atoms with Crippen LogP contribution in [0.5, 0.6) is 0 Å². The van der Waals surface area contributed by atoms with Crippen molar-refractivity contribution in [3.05, 3.63) is 0 Å². The second-order valence-electron chi connectivity index (χ2n) is 10.5. The first-order valence-corrected chi connectivity index (χ1v) is 11.7. The normalized spacial score (nSPS) is 50.2. The minimum absolute atomic E-state index is 0.279. The van der Waals surface area contributed by atoms with Gasteiger partial charge in [-0.2, -0.15) is 0 Å². The van der Waals surface area contributed by atoms with Crippen molar-refractivity contribution in [1.29, 1.82) is 0 Å². The standard InChI is InChI=1S/C24H40O2/c1-4-6-7-20-19(18-9-8-17(14-18)16(3)25)10-11-21-22-15-24(22,26)13-12-23(20,21)5-2/h17-22,26H,4-15H2,1-3H3/t17-,18+,19-,20-,21+,22?,23+,24-/m0/s1. The Morgan fingerprint density at radius 3 is 2.54 bits per heavy atom. The minimum atomic E-state index is -0.279. The maximum absolute atomic E-state index is 11.9. The Kier molecular flexibility index (Phi) is 5.04. The molecule has 26 heavy (non-hydrogen) atoms. The lowest BCUT2D eigenvalue weighted by Gasteiger charge is -2.57. The van der Waals surface area contributed by atoms with Gasteiger partial charge in [0.25, 0.3) is 0 Å². The first kappa shape index (κ1) is 19.0. The Balaban J connectivity index is 1.58. The smallest absolute Gasteiger partial charge is 0.132 e. The zero-order valence-corrected chi connectivity index (χ0v) is 17.3. The van der Waals surface area contributed by atoms with Gasteiger partial charge in [0.15, 0.2) is 0 Å². The van der Waals surface area contributed by atoms with Crippen molar-refractivity contribution < 1.29 is 9.90 Å². The fourth-order valence-corrected chi connectivity index (χ4v) is 8.08. The third kappa shape index (κ3) is 2.90. The summed E-state index contributed by atoms with van der Waals surface area (Å²) in [5.74, 6) is 4.62. The summed E-state index contributed by atoms with van der Waals surface area (Å²) < 4.78 is 0. The molecule has 4 fully saturated rings. The summed E-state index contributed by atoms with van der Waals surface area (Å²) in [6, 6.07) is 0. The number of fused-ring (bicyclic) bond motifs is 3. The van der Waals surface area contributed by atoms with Crippen LogP contribution in [0, 0.1) is 40.9 Å². The van der Waals surface area contributed by atoms with Crippen molar-refractivity contribution in [2.45, 2.75) is 103 Å². The molecule has 0 heterocycles. The number of carbonyl (C=O) groups is 1. The lowest BCUT2D eigenvalue weighted by Crippen LogP contribution is -2.51. The Bertz CT molecular complexity index is 542. The Hall–Kier alpha value is -0.370. The monoisotopic (exact) mass is 360 g/mol. The lowest BCUT2D eigenvalue weighted by atomic mass is 9.48. The van der Waals surface area contributed by atoms with Crippen molar-refractivity contribution in [3.8, 4) is 0 Å². The van der Waals surface area contributed by atoms with Crippen LogP contribution in [0.3, 0.4) is 0 Å². The zero-order chi connectivity index (χ0) is 18.5. The molecule has 4 rings (SSSR count). The third-order valence-electron chi connectivity index (χ3n) is 9.60. The van der Waals surface area contributed by atoms with Gasteiger partial charge in [-0.3, -0.25) is 4.79 Å². The molecule has 0 saturated heterocycles. The van der Waals surface area contributed by atoms with Crippen LogP contribution < -0.4 is 0 Å². The molecule has 0 aromatic carbocycles. The highest BCUT2D eigenvalue weighted by molar-refractivity contribution is 5.78. The fourth-order valence-electron chi connectivity index (χ4n) is 8.08. The van der Waals surface area contributed by atoms with Crippen molar-refractivity contribution in [2.24, 2.45) is 40.9 Å². The van der Waals surface area contributed by atoms with Crippen LogP contribution in [-0.2, 0) is 4.79 Å². The average Bonchev–Trinajstić information content (AvgIpc) is 3.09. The molecule has 8 atom stereocenters. The van der Waals surface area contributed by atoms with E-state index in [2.05, 4.69) is 13.8 Å². The quantitative estimate of drug-likeness (QED) is 0.653. The van der Waals surface area contributed by atoms with Gasteiger partial charge in [-0.1, -0.05) is 26.7 Å². The summed E-state index contributed by atoms with van der Waals surface area (Å²) in [5, 5.41) is 10.8. The van der Waals surface area contributed by atoms with Gasteiger partial charge in [0, 0.05) is 5.92 Å². The summed E-state index contributed by atoms with van der Waals surface area (Å²) in [6.07, 6.45) is 15.0. The number of rotatable bonds is 6. The molecule has 2 heteroatoms. The number of ketones is 1. The molecule has 0 aliphatic heterocycles. The molecule has 4 aliphatic carbocycles. The molecule has 0 amide bonds. The van der Waals surface area contributed by atoms with Gasteiger partial charge in [0.1, 0.15) is 5.78 Å². The molecule has 0 radical (unpaired) electrons. The van der Waals surface area contributed by atoms with E-state index in [9.17, 15) is 9.90 Å². The lowest BCUT2D eigenvalue weighted by molar-refractivity contribution is -0.121. The highest BCUT2D eigenvalue weighted by atomic mass is 16.3. The van der Waals surface area contributed by atoms with Crippen LogP contribution >= 0.6 is 0 Å². The molecule has 148 valence electrons. The predicted octanol–water partition coefficient (Wildman–Crippen LogP) is 5.77. The number of hydrogen-bond donors (Lipinski definition) is 1. The van der Waals surface area contributed by atoms with Gasteiger partial charge in [0.05, 0.1) is 5.60 Å². The number of aliphatic hydroxyl groups is 1. The second kappa shape index (κ2) is 6.90. The van der Waals surface area contributed by atoms with Crippen LogP contribution in [0.15, 0.2) is 0 Å². The SMILES string of the molecule is CCCC[C@H]1[C@H]([C@@H]2CC[C@H](C(C)=O)C2)CC[C@@H]2C3C[C@@]3(O)CC[C@@]21CC. The number of carbonyl (C=O) groups excluding carboxylic acids is 1. The summed E-state index contributed by atoms with van der Waals surface area (Å²) in [7, 11) is 0. The zero-order valence-electron chi connectivity index (χ0n) is 17.3. The fraction of sp³-hybridized carbons (Fsp3) is 0.958. The van der Waals surface area contributed by atoms with E-state index >= 15 is 0 Å². The largest absolute Gasteiger partial charge is 0.390 e. The highest BCUT2D eigenvalue weighted by Crippen LogP contribution is 2.70. The van der Waals surface area contributed by atoms with Crippen LogP contribution in [0.2, 0.25) is 0 Å². The number of unbranched alkanes of at least 4 members (excludes halogenated alkanes) is 1. The van der Waals surface area contributed by atoms with Gasteiger partial charge in [-0.15, -0.1) is 0 Å². The topological polar surface area (TPSA) is 37.3 Å². The van der Waals surface area contributed by atoms with Crippen LogP contribution in [0.1, 0.15) is 97.8 Å². The summed E-state index contributed by atoms with van der Waals surface area (Å²) >= 11 is 0. The Morgan fingerprint density at radius 1 is 1.08 bits per heavy atom. The molecule has 0 spiro atoms. The molecule has 0 bridgehead atoms. The van der Waals surface area contributed by atoms with Crippen molar-refractivity contribution in [1.82, 2.24) is 0 Å². The average molecular weight is 361 g/mol. The summed E-state index contributed by atoms with van der Waals surface area (Å²) in [4.78, 5) is 11.9. The molecule has 0 aromatic rings. The molecular formula is C24H40O2. The first-order valence-electron chi connectivity index (χ1n) is 11.7. The summed E-state index contributed by atoms with van der Waals surface area (Å²) in [5.41, 5.74) is 0.207. The predicted molar refractivity (Wildman–Crippen MR) is 106 cm³/mol. The molecular weight excluding hydrogens is 320 g/mol. The van der Waals surface area contributed by atoms with Crippen LogP contribution in [0.25, 0.3) is 0 Å². The maximum Gasteiger partial charge on any atom is 0.132 e. The van der Waals surface area contributed by atoms with Crippen molar-refractivity contribution in [3.63, 3.8) is 0 Å². The minimum Gasteiger partial charge on any atom is -0.390 e. The van der Waals surface area contributed by atoms with E-state index in [1.165, 1.54) is 57.8 Å². The molecule has 4 aliphatic rings. The van der Waals surface area contributed by atoms with E-state index in [4.69, 9.17) is 0 Å². The van der Waals surface area contributed by atoms with Gasteiger partial charge >= 0.3 is 0 Å². The van der Waals surface area contributed by atoms with Crippen molar-refractivity contribution in [2.75, 3.05) is 0 Å². The highest BCUT2D eigenvalue weighted by Gasteiger charge is 2.67. The van der Waals surface area contributed by atoms with Crippen LogP contribution in [0.4, 0.5) is 0 Å². The van der Waals surface area contributed by atoms with Gasteiger partial charge in [-0.25, -0.2) is 0 Å². The van der Waals surface area contributed by atoms with E-state index in [0.29, 0.717) is 23.0 Å². The summed E-state index contributed by atoms with van der Waals surface area (Å²) in [6.45, 7) is 6.57. The molecule has 1 N–H and O–H groups in total. The number of Topliss-reactive ketones (excluding diaryl/α,β-unsaturated/α-hetero) is 1. The first-order chi connectivity index (χ1) is 12.4.